The molecule has 2 aromatic rings. The van der Waals surface area contributed by atoms with Crippen LogP contribution in [0.25, 0.3) is 11.1 Å². The molecule has 4 rings (SSSR count). The minimum Gasteiger partial charge on any atom is -0.481 e. The van der Waals surface area contributed by atoms with E-state index in [9.17, 15) is 19.5 Å². The number of carbonyl (C=O) groups excluding carboxylic acids is 2. The van der Waals surface area contributed by atoms with E-state index in [0.717, 1.165) is 24.0 Å². The molecule has 0 bridgehead atoms. The third kappa shape index (κ3) is 5.41. The predicted molar refractivity (Wildman–Crippen MR) is 128 cm³/mol. The van der Waals surface area contributed by atoms with Gasteiger partial charge in [0, 0.05) is 24.4 Å². The normalized spacial score (nSPS) is 20.0. The third-order valence-corrected chi connectivity index (χ3v) is 6.98. The Kier molecular flexibility index (Phi) is 7.50. The SMILES string of the molecule is CC[C@@H](CC(=O)N[C@@H]1CCC[C@@H](C(=O)O)C1)NC(=O)OCC1c2ccccc2-c2ccccc21. The third-order valence-electron chi connectivity index (χ3n) is 6.98. The van der Waals surface area contributed by atoms with Gasteiger partial charge in [0.1, 0.15) is 6.61 Å². The summed E-state index contributed by atoms with van der Waals surface area (Å²) in [4.78, 5) is 36.3. The van der Waals surface area contributed by atoms with E-state index in [1.807, 2.05) is 31.2 Å². The van der Waals surface area contributed by atoms with E-state index in [1.54, 1.807) is 0 Å². The Morgan fingerprint density at radius 1 is 1.03 bits per heavy atom. The summed E-state index contributed by atoms with van der Waals surface area (Å²) in [7, 11) is 0. The highest BCUT2D eigenvalue weighted by Crippen LogP contribution is 2.44. The predicted octanol–water partition coefficient (Wildman–Crippen LogP) is 4.45. The Balaban J connectivity index is 1.28. The first-order chi connectivity index (χ1) is 16.5. The van der Waals surface area contributed by atoms with Gasteiger partial charge in [-0.1, -0.05) is 61.9 Å². The van der Waals surface area contributed by atoms with Crippen molar-refractivity contribution in [2.24, 2.45) is 5.92 Å². The monoisotopic (exact) mass is 464 g/mol. The molecule has 7 nitrogen and oxygen atoms in total. The zero-order valence-electron chi connectivity index (χ0n) is 19.5. The maximum atomic E-state index is 12.6. The van der Waals surface area contributed by atoms with Crippen molar-refractivity contribution in [1.29, 1.82) is 0 Å². The van der Waals surface area contributed by atoms with Gasteiger partial charge in [0.15, 0.2) is 0 Å². The van der Waals surface area contributed by atoms with Crippen LogP contribution in [-0.2, 0) is 14.3 Å². The molecule has 180 valence electrons. The van der Waals surface area contributed by atoms with Gasteiger partial charge in [0.05, 0.1) is 5.92 Å². The van der Waals surface area contributed by atoms with Crippen molar-refractivity contribution in [3.05, 3.63) is 59.7 Å². The van der Waals surface area contributed by atoms with Crippen LogP contribution in [0.3, 0.4) is 0 Å². The number of carboxylic acids is 1. The number of carbonyl (C=O) groups is 3. The number of ether oxygens (including phenoxy) is 1. The number of alkyl carbamates (subject to hydrolysis) is 1. The van der Waals surface area contributed by atoms with Crippen molar-refractivity contribution < 1.29 is 24.2 Å². The molecule has 34 heavy (non-hydrogen) atoms. The first-order valence-electron chi connectivity index (χ1n) is 12.1. The van der Waals surface area contributed by atoms with Gasteiger partial charge < -0.3 is 20.5 Å². The van der Waals surface area contributed by atoms with Crippen LogP contribution >= 0.6 is 0 Å². The van der Waals surface area contributed by atoms with E-state index in [1.165, 1.54) is 11.1 Å². The molecule has 0 spiro atoms. The van der Waals surface area contributed by atoms with Gasteiger partial charge in [0.25, 0.3) is 0 Å². The summed E-state index contributed by atoms with van der Waals surface area (Å²) in [5, 5.41) is 15.0. The lowest BCUT2D eigenvalue weighted by atomic mass is 9.85. The maximum absolute atomic E-state index is 12.6. The van der Waals surface area contributed by atoms with Gasteiger partial charge in [-0.25, -0.2) is 4.79 Å². The topological polar surface area (TPSA) is 105 Å². The average Bonchev–Trinajstić information content (AvgIpc) is 3.16. The first-order valence-corrected chi connectivity index (χ1v) is 12.1. The summed E-state index contributed by atoms with van der Waals surface area (Å²) >= 11 is 0. The summed E-state index contributed by atoms with van der Waals surface area (Å²) in [6.45, 7) is 2.13. The number of rotatable bonds is 8. The molecule has 0 heterocycles. The molecule has 1 saturated carbocycles. The zero-order chi connectivity index (χ0) is 24.1. The van der Waals surface area contributed by atoms with Crippen LogP contribution in [0, 0.1) is 5.92 Å². The van der Waals surface area contributed by atoms with E-state index in [0.29, 0.717) is 19.3 Å². The molecule has 2 aliphatic carbocycles. The van der Waals surface area contributed by atoms with E-state index in [2.05, 4.69) is 34.9 Å². The largest absolute Gasteiger partial charge is 0.481 e. The van der Waals surface area contributed by atoms with Gasteiger partial charge in [-0.05, 0) is 47.9 Å². The Morgan fingerprint density at radius 3 is 2.29 bits per heavy atom. The molecule has 2 amide bonds. The highest BCUT2D eigenvalue weighted by atomic mass is 16.5. The van der Waals surface area contributed by atoms with Crippen LogP contribution in [0.1, 0.15) is 62.5 Å². The van der Waals surface area contributed by atoms with Crippen molar-refractivity contribution in [3.8, 4) is 11.1 Å². The standard InChI is InChI=1S/C27H32N2O5/c1-2-18(15-25(30)28-19-9-7-8-17(14-19)26(31)32)29-27(33)34-16-24-22-12-5-3-10-20(22)21-11-4-6-13-23(21)24/h3-6,10-13,17-19,24H,2,7-9,14-16H2,1H3,(H,28,30)(H,29,33)(H,31,32)/t17-,18+,19-/m1/s1. The molecule has 1 fully saturated rings. The summed E-state index contributed by atoms with van der Waals surface area (Å²) in [5.74, 6) is -1.40. The van der Waals surface area contributed by atoms with E-state index < -0.39 is 18.0 Å². The summed E-state index contributed by atoms with van der Waals surface area (Å²) < 4.78 is 5.60. The molecule has 0 unspecified atom stereocenters. The number of amides is 2. The molecule has 3 N–H and O–H groups in total. The molecule has 2 aromatic carbocycles. The Morgan fingerprint density at radius 2 is 1.68 bits per heavy atom. The van der Waals surface area contributed by atoms with E-state index in [4.69, 9.17) is 4.74 Å². The van der Waals surface area contributed by atoms with Gasteiger partial charge in [-0.15, -0.1) is 0 Å². The highest BCUT2D eigenvalue weighted by molar-refractivity contribution is 5.80. The number of benzene rings is 2. The molecule has 3 atom stereocenters. The molecular weight excluding hydrogens is 432 g/mol. The van der Waals surface area contributed by atoms with E-state index in [-0.39, 0.29) is 36.9 Å². The Labute approximate surface area is 199 Å². The van der Waals surface area contributed by atoms with Gasteiger partial charge in [-0.2, -0.15) is 0 Å². The summed E-state index contributed by atoms with van der Waals surface area (Å²) in [6, 6.07) is 15.8. The summed E-state index contributed by atoms with van der Waals surface area (Å²) in [5.41, 5.74) is 4.64. The molecular formula is C27H32N2O5. The highest BCUT2D eigenvalue weighted by Gasteiger charge is 2.30. The number of hydrogen-bond acceptors (Lipinski definition) is 4. The Bertz CT molecular complexity index is 1010. The number of aliphatic carboxylic acids is 1. The molecule has 0 saturated heterocycles. The van der Waals surface area contributed by atoms with Crippen LogP contribution in [0.5, 0.6) is 0 Å². The second-order valence-electron chi connectivity index (χ2n) is 9.25. The van der Waals surface area contributed by atoms with Crippen LogP contribution in [-0.4, -0.2) is 41.8 Å². The van der Waals surface area contributed by atoms with Crippen molar-refractivity contribution in [3.63, 3.8) is 0 Å². The molecule has 0 aromatic heterocycles. The van der Waals surface area contributed by atoms with Crippen molar-refractivity contribution in [1.82, 2.24) is 10.6 Å². The second kappa shape index (κ2) is 10.7. The number of hydrogen-bond donors (Lipinski definition) is 3. The van der Waals surface area contributed by atoms with Gasteiger partial charge >= 0.3 is 12.1 Å². The molecule has 0 aliphatic heterocycles. The maximum Gasteiger partial charge on any atom is 0.407 e. The van der Waals surface area contributed by atoms with Crippen LogP contribution in [0.2, 0.25) is 0 Å². The van der Waals surface area contributed by atoms with E-state index >= 15 is 0 Å². The lowest BCUT2D eigenvalue weighted by molar-refractivity contribution is -0.143. The second-order valence-corrected chi connectivity index (χ2v) is 9.25. The number of fused-ring (bicyclic) bond motifs is 3. The smallest absolute Gasteiger partial charge is 0.407 e. The zero-order valence-corrected chi connectivity index (χ0v) is 19.5. The Hall–Kier alpha value is -3.35. The number of nitrogens with one attached hydrogen (secondary N) is 2. The fourth-order valence-electron chi connectivity index (χ4n) is 5.16. The minimum atomic E-state index is -0.803. The van der Waals surface area contributed by atoms with Crippen molar-refractivity contribution in [2.75, 3.05) is 6.61 Å². The van der Waals surface area contributed by atoms with Crippen molar-refractivity contribution >= 4 is 18.0 Å². The van der Waals surface area contributed by atoms with Crippen LogP contribution < -0.4 is 10.6 Å². The first kappa shape index (κ1) is 23.8. The lowest BCUT2D eigenvalue weighted by Gasteiger charge is -2.28. The van der Waals surface area contributed by atoms with Crippen LogP contribution in [0.4, 0.5) is 4.79 Å². The van der Waals surface area contributed by atoms with Gasteiger partial charge in [0.2, 0.25) is 5.91 Å². The molecule has 0 radical (unpaired) electrons. The van der Waals surface area contributed by atoms with Gasteiger partial charge in [-0.3, -0.25) is 9.59 Å². The fraction of sp³-hybridized carbons (Fsp3) is 0.444. The van der Waals surface area contributed by atoms with Crippen molar-refractivity contribution in [2.45, 2.75) is 63.5 Å². The summed E-state index contributed by atoms with van der Waals surface area (Å²) in [6.07, 6.45) is 2.86. The molecule has 7 heteroatoms. The minimum absolute atomic E-state index is 0.0185. The lowest BCUT2D eigenvalue weighted by Crippen LogP contribution is -2.44. The number of carboxylic acid groups (broad SMARTS) is 1. The average molecular weight is 465 g/mol. The fourth-order valence-corrected chi connectivity index (χ4v) is 5.16. The quantitative estimate of drug-likeness (QED) is 0.535. The van der Waals surface area contributed by atoms with Crippen LogP contribution in [0.15, 0.2) is 48.5 Å². The molecule has 2 aliphatic rings.